The smallest absolute Gasteiger partial charge is 0.222 e. The molecule has 0 saturated carbocycles. The number of nitrogens with zero attached hydrogens (tertiary/aromatic N) is 6. The minimum absolute atomic E-state index is 0.157. The zero-order chi connectivity index (χ0) is 22.6. The fraction of sp³-hybridized carbons (Fsp3) is 0.409. The van der Waals surface area contributed by atoms with Gasteiger partial charge in [0.05, 0.1) is 18.3 Å². The summed E-state index contributed by atoms with van der Waals surface area (Å²) in [6.45, 7) is 2.54. The summed E-state index contributed by atoms with van der Waals surface area (Å²) in [7, 11) is 0. The normalized spacial score (nSPS) is 18.8. The van der Waals surface area contributed by atoms with Crippen LogP contribution < -0.4 is 5.32 Å². The molecule has 2 aliphatic rings. The summed E-state index contributed by atoms with van der Waals surface area (Å²) < 4.78 is 0. The maximum absolute atomic E-state index is 6.05. The first-order valence-corrected chi connectivity index (χ1v) is 11.7. The number of aromatic amines is 1. The highest BCUT2D eigenvalue weighted by atomic mass is 35.5. The number of amidine groups is 1. The van der Waals surface area contributed by atoms with Gasteiger partial charge in [-0.25, -0.2) is 9.97 Å². The Morgan fingerprint density at radius 1 is 1.06 bits per heavy atom. The van der Waals surface area contributed by atoms with E-state index in [1.54, 1.807) is 18.5 Å². The van der Waals surface area contributed by atoms with E-state index in [9.17, 15) is 0 Å². The average Bonchev–Trinajstić information content (AvgIpc) is 3.52. The molecule has 5 rings (SSSR count). The highest BCUT2D eigenvalue weighted by Crippen LogP contribution is 2.31. The van der Waals surface area contributed by atoms with Crippen LogP contribution in [0.1, 0.15) is 48.1 Å². The number of halogens is 2. The molecule has 1 aromatic carbocycles. The van der Waals surface area contributed by atoms with Gasteiger partial charge in [-0.15, -0.1) is 0 Å². The van der Waals surface area contributed by atoms with Crippen molar-refractivity contribution in [3.05, 3.63) is 63.7 Å². The van der Waals surface area contributed by atoms with Crippen molar-refractivity contribution < 1.29 is 4.84 Å². The Labute approximate surface area is 201 Å². The topological polar surface area (TPSA) is 104 Å². The van der Waals surface area contributed by atoms with Crippen LogP contribution in [0.3, 0.4) is 0 Å². The first-order chi connectivity index (χ1) is 16.1. The van der Waals surface area contributed by atoms with Gasteiger partial charge in [0.25, 0.3) is 0 Å². The Kier molecular flexibility index (Phi) is 6.59. The second kappa shape index (κ2) is 9.93. The summed E-state index contributed by atoms with van der Waals surface area (Å²) in [6, 6.07) is 5.54. The monoisotopic (exact) mass is 486 g/mol. The molecule has 0 aliphatic carbocycles. The Morgan fingerprint density at radius 2 is 1.82 bits per heavy atom. The van der Waals surface area contributed by atoms with Gasteiger partial charge in [-0.3, -0.25) is 0 Å². The average molecular weight is 487 g/mol. The zero-order valence-electron chi connectivity index (χ0n) is 17.9. The summed E-state index contributed by atoms with van der Waals surface area (Å²) in [4.78, 5) is 16.9. The lowest BCUT2D eigenvalue weighted by atomic mass is 9.93. The van der Waals surface area contributed by atoms with Crippen LogP contribution in [-0.2, 0) is 11.3 Å². The molecule has 2 N–H and O–H groups in total. The largest absolute Gasteiger partial charge is 0.386 e. The number of anilines is 1. The zero-order valence-corrected chi connectivity index (χ0v) is 19.4. The third-order valence-corrected chi connectivity index (χ3v) is 6.46. The molecule has 4 heterocycles. The first kappa shape index (κ1) is 21.9. The van der Waals surface area contributed by atoms with Gasteiger partial charge in [-0.1, -0.05) is 28.4 Å². The highest BCUT2D eigenvalue weighted by Gasteiger charge is 2.30. The summed E-state index contributed by atoms with van der Waals surface area (Å²) in [5.41, 5.74) is 3.02. The fourth-order valence-corrected chi connectivity index (χ4v) is 4.81. The van der Waals surface area contributed by atoms with E-state index in [1.807, 2.05) is 18.3 Å². The molecule has 0 amide bonds. The van der Waals surface area contributed by atoms with Crippen LogP contribution in [0.4, 0.5) is 5.95 Å². The van der Waals surface area contributed by atoms with Gasteiger partial charge in [0.1, 0.15) is 5.84 Å². The molecular weight excluding hydrogens is 463 g/mol. The van der Waals surface area contributed by atoms with Gasteiger partial charge in [-0.2, -0.15) is 15.4 Å². The summed E-state index contributed by atoms with van der Waals surface area (Å²) in [6.07, 6.45) is 8.80. The lowest BCUT2D eigenvalue weighted by Gasteiger charge is -2.31. The molecule has 2 aliphatic heterocycles. The first-order valence-electron chi connectivity index (χ1n) is 11.0. The third-order valence-electron chi connectivity index (χ3n) is 6.03. The van der Waals surface area contributed by atoms with Crippen LogP contribution in [0.25, 0.3) is 0 Å². The molecule has 2 aromatic heterocycles. The van der Waals surface area contributed by atoms with Crippen molar-refractivity contribution in [3.63, 3.8) is 0 Å². The molecule has 1 atom stereocenters. The Morgan fingerprint density at radius 3 is 2.52 bits per heavy atom. The number of H-pyrrole nitrogens is 1. The molecule has 172 valence electrons. The lowest BCUT2D eigenvalue weighted by molar-refractivity contribution is 0.0850. The Bertz CT molecular complexity index is 1080. The molecule has 0 bridgehead atoms. The van der Waals surface area contributed by atoms with E-state index in [1.165, 1.54) is 0 Å². The molecule has 11 heteroatoms. The predicted molar refractivity (Wildman–Crippen MR) is 126 cm³/mol. The van der Waals surface area contributed by atoms with E-state index in [2.05, 4.69) is 40.8 Å². The highest BCUT2D eigenvalue weighted by molar-refractivity contribution is 6.34. The standard InChI is InChI=1S/C22H24Cl2N8O/c23-17-7-14(8-18(24)9-17)1-4-25-22-26-11-16(12-27-22)20-10-21(30-33-20)32-5-2-15(3-6-32)19-13-28-31-29-19/h7-9,11-13,15,20H,1-6,10H2,(H,25,26,27)(H,28,29,31). The third kappa shape index (κ3) is 5.36. The van der Waals surface area contributed by atoms with Gasteiger partial charge in [0.15, 0.2) is 6.10 Å². The maximum atomic E-state index is 6.05. The van der Waals surface area contributed by atoms with E-state index in [0.29, 0.717) is 28.5 Å². The van der Waals surface area contributed by atoms with E-state index >= 15 is 0 Å². The minimum Gasteiger partial charge on any atom is -0.386 e. The van der Waals surface area contributed by atoms with Crippen LogP contribution in [0, 0.1) is 0 Å². The van der Waals surface area contributed by atoms with Crippen molar-refractivity contribution in [1.29, 1.82) is 0 Å². The van der Waals surface area contributed by atoms with Crippen molar-refractivity contribution in [3.8, 4) is 0 Å². The number of hydrogen-bond donors (Lipinski definition) is 2. The number of nitrogens with one attached hydrogen (secondary N) is 2. The SMILES string of the molecule is Clc1cc(Cl)cc(CCNc2ncc(C3CC(N4CCC(c5cn[nH]n5)CC4)=NO3)cn2)c1. The summed E-state index contributed by atoms with van der Waals surface area (Å²) >= 11 is 12.1. The van der Waals surface area contributed by atoms with Crippen LogP contribution in [0.5, 0.6) is 0 Å². The number of aromatic nitrogens is 5. The van der Waals surface area contributed by atoms with Crippen LogP contribution in [0.15, 0.2) is 41.9 Å². The van der Waals surface area contributed by atoms with E-state index in [-0.39, 0.29) is 6.10 Å². The molecule has 1 unspecified atom stereocenters. The van der Waals surface area contributed by atoms with E-state index < -0.39 is 0 Å². The fourth-order valence-electron chi connectivity index (χ4n) is 4.24. The van der Waals surface area contributed by atoms with Gasteiger partial charge in [0.2, 0.25) is 5.95 Å². The van der Waals surface area contributed by atoms with Gasteiger partial charge in [0, 0.05) is 53.6 Å². The number of rotatable bonds is 6. The Balaban J connectivity index is 1.09. The van der Waals surface area contributed by atoms with Crippen molar-refractivity contribution in [1.82, 2.24) is 30.3 Å². The van der Waals surface area contributed by atoms with E-state index in [4.69, 9.17) is 28.0 Å². The van der Waals surface area contributed by atoms with Crippen molar-refractivity contribution >= 4 is 35.0 Å². The minimum atomic E-state index is -0.157. The number of likely N-dealkylation sites (tertiary alicyclic amines) is 1. The second-order valence-electron chi connectivity index (χ2n) is 8.26. The van der Waals surface area contributed by atoms with Crippen molar-refractivity contribution in [2.75, 3.05) is 25.0 Å². The molecule has 0 spiro atoms. The summed E-state index contributed by atoms with van der Waals surface area (Å²) in [5.74, 6) is 2.00. The molecule has 33 heavy (non-hydrogen) atoms. The summed E-state index contributed by atoms with van der Waals surface area (Å²) in [5, 5.41) is 19.7. The van der Waals surface area contributed by atoms with Gasteiger partial charge < -0.3 is 15.1 Å². The molecule has 9 nitrogen and oxygen atoms in total. The van der Waals surface area contributed by atoms with E-state index in [0.717, 1.165) is 61.4 Å². The maximum Gasteiger partial charge on any atom is 0.222 e. The molecule has 0 radical (unpaired) electrons. The Hall–Kier alpha value is -2.91. The molecule has 1 fully saturated rings. The number of benzene rings is 1. The van der Waals surface area contributed by atoms with Crippen LogP contribution in [-0.4, -0.2) is 55.7 Å². The molecule has 3 aromatic rings. The lowest BCUT2D eigenvalue weighted by Crippen LogP contribution is -2.37. The quantitative estimate of drug-likeness (QED) is 0.537. The van der Waals surface area contributed by atoms with Crippen LogP contribution >= 0.6 is 23.2 Å². The second-order valence-corrected chi connectivity index (χ2v) is 9.13. The number of oxime groups is 1. The number of hydrogen-bond acceptors (Lipinski definition) is 8. The predicted octanol–water partition coefficient (Wildman–Crippen LogP) is 4.21. The van der Waals surface area contributed by atoms with Gasteiger partial charge in [-0.05, 0) is 43.0 Å². The van der Waals surface area contributed by atoms with Crippen LogP contribution in [0.2, 0.25) is 10.0 Å². The number of piperidine rings is 1. The van der Waals surface area contributed by atoms with Crippen molar-refractivity contribution in [2.24, 2.45) is 5.16 Å². The molecular formula is C22H24Cl2N8O. The molecule has 1 saturated heterocycles. The van der Waals surface area contributed by atoms with Gasteiger partial charge >= 0.3 is 0 Å². The van der Waals surface area contributed by atoms with Crippen molar-refractivity contribution in [2.45, 2.75) is 37.7 Å².